The molecule has 10 nitrogen and oxygen atoms in total. The summed E-state index contributed by atoms with van der Waals surface area (Å²) in [5, 5.41) is 0. The molecular weight excluding hydrogens is 496 g/mol. The maximum Gasteiger partial charge on any atom is 0.324 e. The molecule has 11 heteroatoms. The number of imidazole rings is 1. The van der Waals surface area contributed by atoms with Crippen molar-refractivity contribution in [2.45, 2.75) is 58.4 Å². The average molecular weight is 531 g/mol. The van der Waals surface area contributed by atoms with E-state index in [1.54, 1.807) is 32.2 Å². The molecule has 0 fully saturated rings. The van der Waals surface area contributed by atoms with Gasteiger partial charge in [0.2, 0.25) is 10.0 Å². The summed E-state index contributed by atoms with van der Waals surface area (Å²) in [6, 6.07) is 6.99. The monoisotopic (exact) mass is 530 g/mol. The summed E-state index contributed by atoms with van der Waals surface area (Å²) in [5.74, 6) is -0.688. The Morgan fingerprint density at radius 2 is 1.73 bits per heavy atom. The zero-order valence-corrected chi connectivity index (χ0v) is 22.7. The zero-order valence-electron chi connectivity index (χ0n) is 21.9. The van der Waals surface area contributed by atoms with Crippen LogP contribution in [0.3, 0.4) is 0 Å². The molecule has 0 aliphatic heterocycles. The van der Waals surface area contributed by atoms with E-state index < -0.39 is 34.5 Å². The lowest BCUT2D eigenvalue weighted by molar-refractivity contribution is -0.150. The third-order valence-electron chi connectivity index (χ3n) is 5.69. The number of aromatic amines is 1. The Hall–Kier alpha value is -3.31. The number of nitrogens with zero attached hydrogens (tertiary/aromatic N) is 3. The predicted molar refractivity (Wildman–Crippen MR) is 138 cm³/mol. The van der Waals surface area contributed by atoms with E-state index in [2.05, 4.69) is 15.0 Å². The number of H-pyrrole nitrogens is 1. The van der Waals surface area contributed by atoms with E-state index in [1.807, 2.05) is 26.8 Å². The van der Waals surface area contributed by atoms with Gasteiger partial charge in [-0.15, -0.1) is 0 Å². The van der Waals surface area contributed by atoms with Gasteiger partial charge in [-0.05, 0) is 56.9 Å². The predicted octanol–water partition coefficient (Wildman–Crippen LogP) is 3.39. The molecule has 0 amide bonds. The van der Waals surface area contributed by atoms with Crippen molar-refractivity contribution in [3.05, 3.63) is 53.6 Å². The maximum absolute atomic E-state index is 13.7. The summed E-state index contributed by atoms with van der Waals surface area (Å²) in [5.41, 5.74) is 3.28. The Kier molecular flexibility index (Phi) is 9.39. The fourth-order valence-corrected chi connectivity index (χ4v) is 5.60. The number of nitrogens with one attached hydrogen (secondary N) is 1. The molecular formula is C26H34N4O6S. The molecule has 1 aromatic carbocycles. The van der Waals surface area contributed by atoms with E-state index in [-0.39, 0.29) is 30.4 Å². The number of carbonyl (C=O) groups is 2. The first-order chi connectivity index (χ1) is 17.6. The van der Waals surface area contributed by atoms with E-state index in [0.29, 0.717) is 6.42 Å². The number of aryl methyl sites for hydroxylation is 1. The molecule has 1 N–H and O–H groups in total. The highest BCUT2D eigenvalue weighted by Crippen LogP contribution is 2.25. The van der Waals surface area contributed by atoms with Gasteiger partial charge >= 0.3 is 11.9 Å². The third-order valence-corrected chi connectivity index (χ3v) is 7.56. The number of rotatable bonds is 12. The van der Waals surface area contributed by atoms with Gasteiger partial charge in [-0.3, -0.25) is 14.6 Å². The number of benzene rings is 1. The number of aromatic nitrogens is 3. The fourth-order valence-electron chi connectivity index (χ4n) is 4.07. The van der Waals surface area contributed by atoms with Crippen LogP contribution in [0.5, 0.6) is 0 Å². The van der Waals surface area contributed by atoms with E-state index in [1.165, 1.54) is 12.1 Å². The summed E-state index contributed by atoms with van der Waals surface area (Å²) in [6.07, 6.45) is 2.34. The van der Waals surface area contributed by atoms with Crippen molar-refractivity contribution < 1.29 is 27.5 Å². The van der Waals surface area contributed by atoms with Crippen LogP contribution in [0.15, 0.2) is 41.4 Å². The van der Waals surface area contributed by atoms with Crippen LogP contribution in [-0.2, 0) is 35.5 Å². The largest absolute Gasteiger partial charge is 0.465 e. The zero-order chi connectivity index (χ0) is 27.2. The van der Waals surface area contributed by atoms with Gasteiger partial charge in [0.25, 0.3) is 0 Å². The number of hydrogen-bond donors (Lipinski definition) is 1. The quantitative estimate of drug-likeness (QED) is 0.353. The van der Waals surface area contributed by atoms with Crippen LogP contribution < -0.4 is 0 Å². The molecule has 2 heterocycles. The summed E-state index contributed by atoms with van der Waals surface area (Å²) < 4.78 is 38.5. The normalized spacial score (nSPS) is 12.7. The van der Waals surface area contributed by atoms with Crippen LogP contribution in [0.25, 0.3) is 11.0 Å². The maximum atomic E-state index is 13.7. The Bertz CT molecular complexity index is 1330. The first-order valence-corrected chi connectivity index (χ1v) is 13.7. The second-order valence-electron chi connectivity index (χ2n) is 9.05. The van der Waals surface area contributed by atoms with Crippen LogP contribution in [-0.4, -0.2) is 65.4 Å². The van der Waals surface area contributed by atoms with Gasteiger partial charge in [0.05, 0.1) is 34.8 Å². The van der Waals surface area contributed by atoms with Crippen LogP contribution in [0, 0.1) is 12.8 Å². The van der Waals surface area contributed by atoms with Gasteiger partial charge in [-0.25, -0.2) is 13.4 Å². The number of carbonyl (C=O) groups excluding carboxylic acids is 2. The molecule has 0 unspecified atom stereocenters. The van der Waals surface area contributed by atoms with Crippen LogP contribution in [0.2, 0.25) is 0 Å². The standard InChI is InChI=1S/C26H34N4O6S/c1-6-35-24(31)16-30(23(14-17(3)4)26(32)36-7-2)37(33,34)20-10-8-19(9-11-20)15-22-25-21(12-13-27-22)28-18(5)29-25/h8-13,17,23H,6-7,14-16H2,1-5H3,(H,28,29)/t23-/m0/s1. The molecule has 37 heavy (non-hydrogen) atoms. The minimum atomic E-state index is -4.24. The first-order valence-electron chi connectivity index (χ1n) is 12.3. The summed E-state index contributed by atoms with van der Waals surface area (Å²) >= 11 is 0. The average Bonchev–Trinajstić information content (AvgIpc) is 3.23. The summed E-state index contributed by atoms with van der Waals surface area (Å²) in [6.45, 7) is 8.46. The molecule has 3 aromatic rings. The molecule has 0 saturated heterocycles. The van der Waals surface area contributed by atoms with Gasteiger partial charge in [-0.1, -0.05) is 26.0 Å². The highest BCUT2D eigenvalue weighted by atomic mass is 32.2. The number of ether oxygens (including phenoxy) is 2. The van der Waals surface area contributed by atoms with E-state index in [4.69, 9.17) is 9.47 Å². The SMILES string of the molecule is CCOC(=O)CN([C@@H](CC(C)C)C(=O)OCC)S(=O)(=O)c1ccc(Cc2nccc3nc(C)[nH]c23)cc1. The van der Waals surface area contributed by atoms with Gasteiger partial charge in [0, 0.05) is 12.6 Å². The van der Waals surface area contributed by atoms with Crippen LogP contribution >= 0.6 is 0 Å². The lowest BCUT2D eigenvalue weighted by atomic mass is 10.0. The highest BCUT2D eigenvalue weighted by molar-refractivity contribution is 7.89. The highest BCUT2D eigenvalue weighted by Gasteiger charge is 2.39. The third kappa shape index (κ3) is 6.92. The smallest absolute Gasteiger partial charge is 0.324 e. The number of fused-ring (bicyclic) bond motifs is 1. The second kappa shape index (κ2) is 12.3. The first kappa shape index (κ1) is 28.3. The van der Waals surface area contributed by atoms with Crippen molar-refractivity contribution in [2.75, 3.05) is 19.8 Å². The lowest BCUT2D eigenvalue weighted by Crippen LogP contribution is -2.49. The molecule has 0 aliphatic carbocycles. The molecule has 0 aliphatic rings. The molecule has 0 saturated carbocycles. The van der Waals surface area contributed by atoms with Gasteiger partial charge in [-0.2, -0.15) is 4.31 Å². The Morgan fingerprint density at radius 3 is 2.35 bits per heavy atom. The van der Waals surface area contributed by atoms with E-state index in [9.17, 15) is 18.0 Å². The topological polar surface area (TPSA) is 132 Å². The summed E-state index contributed by atoms with van der Waals surface area (Å²) in [4.78, 5) is 37.2. The fraction of sp³-hybridized carbons (Fsp3) is 0.462. The molecule has 200 valence electrons. The van der Waals surface area contributed by atoms with Crippen molar-refractivity contribution in [1.82, 2.24) is 19.3 Å². The molecule has 0 radical (unpaired) electrons. The minimum Gasteiger partial charge on any atom is -0.465 e. The van der Waals surface area contributed by atoms with Crippen LogP contribution in [0.1, 0.15) is 51.2 Å². The van der Waals surface area contributed by atoms with E-state index >= 15 is 0 Å². The van der Waals surface area contributed by atoms with Crippen molar-refractivity contribution >= 4 is 33.0 Å². The molecule has 2 aromatic heterocycles. The second-order valence-corrected chi connectivity index (χ2v) is 10.9. The van der Waals surface area contributed by atoms with E-state index in [0.717, 1.165) is 32.4 Å². The minimum absolute atomic E-state index is 0.0296. The summed E-state index contributed by atoms with van der Waals surface area (Å²) in [7, 11) is -4.24. The van der Waals surface area contributed by atoms with Gasteiger partial charge in [0.1, 0.15) is 18.4 Å². The van der Waals surface area contributed by atoms with Crippen molar-refractivity contribution in [3.63, 3.8) is 0 Å². The van der Waals surface area contributed by atoms with Crippen molar-refractivity contribution in [3.8, 4) is 0 Å². The van der Waals surface area contributed by atoms with Crippen molar-refractivity contribution in [2.24, 2.45) is 5.92 Å². The molecule has 3 rings (SSSR count). The Balaban J connectivity index is 1.94. The Morgan fingerprint density at radius 1 is 1.05 bits per heavy atom. The molecule has 1 atom stereocenters. The molecule has 0 bridgehead atoms. The number of hydrogen-bond acceptors (Lipinski definition) is 8. The number of sulfonamides is 1. The molecule has 0 spiro atoms. The van der Waals surface area contributed by atoms with Crippen LogP contribution in [0.4, 0.5) is 0 Å². The Labute approximate surface area is 217 Å². The number of esters is 2. The number of pyridine rings is 1. The van der Waals surface area contributed by atoms with Crippen molar-refractivity contribution in [1.29, 1.82) is 0 Å². The van der Waals surface area contributed by atoms with Gasteiger partial charge in [0.15, 0.2) is 0 Å². The van der Waals surface area contributed by atoms with Gasteiger partial charge < -0.3 is 14.5 Å². The lowest BCUT2D eigenvalue weighted by Gasteiger charge is -2.29.